The van der Waals surface area contributed by atoms with Crippen LogP contribution in [0.3, 0.4) is 0 Å². The van der Waals surface area contributed by atoms with Crippen molar-refractivity contribution in [3.63, 3.8) is 0 Å². The molecule has 0 aliphatic rings. The van der Waals surface area contributed by atoms with Gasteiger partial charge in [0.05, 0.1) is 10.8 Å². The number of benzene rings is 20. The quantitative estimate of drug-likeness (QED) is 0.115. The minimum Gasteiger partial charge on any atom is -0.537 e. The van der Waals surface area contributed by atoms with Crippen molar-refractivity contribution in [1.29, 1.82) is 0 Å². The predicted molar refractivity (Wildman–Crippen MR) is 488 cm³/mol. The standard InChI is InChI=1S/C54H32O2.C30H20BO2.C24H13BrO2/c1-2-14-34-29-36(28-27-33(34)13-1)35-15-11-17-38(30-35)50-41-20-3-5-22-43(41)51(44-23-6-4-21-42(44)50)39-18-12-16-37(31-39)46-32-47-40-19-7-9-25-48(40)55-54(47)52-45-24-8-10-26-49(45)56-53(46)52;32-31-33-30-27-14-5-3-12-25(27)29(26-13-4-6-15-28(26)30)24-11-7-10-22(19-24)23-17-16-20-8-1-2-9-21(20)18-23;25-15-7-5-6-14(12-15)18-13-19-16-8-1-3-10-20(16)26-24(19)22-17-9-2-4-11-21(17)27-23(18)22/h1-32H;1-19,32H;1-13H. The zero-order valence-corrected chi connectivity index (χ0v) is 64.0. The minimum absolute atomic E-state index is 0.665. The number of fused-ring (bicyclic) bond motifs is 20. The first-order chi connectivity index (χ1) is 57.4. The minimum atomic E-state index is 0.665. The van der Waals surface area contributed by atoms with Gasteiger partial charge in [0, 0.05) is 58.7 Å². The van der Waals surface area contributed by atoms with E-state index in [-0.39, 0.29) is 0 Å². The van der Waals surface area contributed by atoms with Crippen LogP contribution in [0.15, 0.2) is 410 Å². The van der Waals surface area contributed by atoms with E-state index in [4.69, 9.17) is 22.3 Å². The molecular formula is C108H65BBrO6. The molecule has 0 aliphatic heterocycles. The van der Waals surface area contributed by atoms with Crippen LogP contribution in [0.1, 0.15) is 0 Å². The normalized spacial score (nSPS) is 11.7. The Hall–Kier alpha value is -14.5. The van der Waals surface area contributed by atoms with Gasteiger partial charge in [-0.15, -0.1) is 0 Å². The SMILES string of the molecule is Brc1cccc(-c2cc3c4ccccc4oc3c3c2oc2ccccc23)c1.O[B]Oc1c2ccccc2c(-c2cccc(-c3ccc4ccccc4c3)c2)c2ccccc12.c1cc(-c2ccc3ccccc3c2)cc(-c2c3ccccc3c(-c3cccc(-c4cc5c6ccccc6oc5c5c4oc4ccccc45)c3)c3ccccc23)c1. The van der Waals surface area contributed by atoms with Crippen molar-refractivity contribution in [2.24, 2.45) is 0 Å². The van der Waals surface area contributed by atoms with Gasteiger partial charge in [-0.3, -0.25) is 0 Å². The van der Waals surface area contributed by atoms with Gasteiger partial charge in [0.1, 0.15) is 50.4 Å². The summed E-state index contributed by atoms with van der Waals surface area (Å²) >= 11 is 3.59. The van der Waals surface area contributed by atoms with Crippen LogP contribution in [0.2, 0.25) is 0 Å². The Bertz CT molecular complexity index is 7990. The lowest BCUT2D eigenvalue weighted by Crippen LogP contribution is -2.02. The highest BCUT2D eigenvalue weighted by Gasteiger charge is 2.25. The third-order valence-corrected chi connectivity index (χ3v) is 23.5. The lowest BCUT2D eigenvalue weighted by Gasteiger charge is -2.18. The van der Waals surface area contributed by atoms with Crippen molar-refractivity contribution in [3.05, 3.63) is 393 Å². The summed E-state index contributed by atoms with van der Waals surface area (Å²) in [5.74, 6) is 0.665. The molecule has 0 atom stereocenters. The molecule has 20 aromatic carbocycles. The molecule has 8 heteroatoms. The highest BCUT2D eigenvalue weighted by atomic mass is 79.9. The lowest BCUT2D eigenvalue weighted by atomic mass is 9.85. The Balaban J connectivity index is 0.000000115. The van der Waals surface area contributed by atoms with Crippen molar-refractivity contribution in [2.75, 3.05) is 0 Å². The van der Waals surface area contributed by atoms with Crippen molar-refractivity contribution >= 4 is 176 Å². The van der Waals surface area contributed by atoms with E-state index in [1.165, 1.54) is 82.0 Å². The lowest BCUT2D eigenvalue weighted by molar-refractivity contribution is 0.459. The maximum Gasteiger partial charge on any atom is 0.569 e. The smallest absolute Gasteiger partial charge is 0.537 e. The Morgan fingerprint density at radius 3 is 0.914 bits per heavy atom. The highest BCUT2D eigenvalue weighted by Crippen LogP contribution is 2.51. The number of hydrogen-bond donors (Lipinski definition) is 1. The van der Waals surface area contributed by atoms with Gasteiger partial charge in [-0.2, -0.15) is 0 Å². The number of halogens is 1. The van der Waals surface area contributed by atoms with Gasteiger partial charge in [-0.1, -0.05) is 325 Å². The molecule has 4 aromatic heterocycles. The molecule has 0 aliphatic carbocycles. The van der Waals surface area contributed by atoms with Gasteiger partial charge in [0.2, 0.25) is 0 Å². The Kier molecular flexibility index (Phi) is 16.6. The zero-order valence-electron chi connectivity index (χ0n) is 62.4. The number of rotatable bonds is 9. The van der Waals surface area contributed by atoms with Gasteiger partial charge < -0.3 is 27.3 Å². The molecule has 24 aromatic rings. The fraction of sp³-hybridized carbons (Fsp3) is 0. The van der Waals surface area contributed by atoms with Crippen LogP contribution in [0.5, 0.6) is 5.75 Å². The molecule has 0 unspecified atom stereocenters. The summed E-state index contributed by atoms with van der Waals surface area (Å²) < 4.78 is 32.5. The van der Waals surface area contributed by atoms with Crippen LogP contribution in [0.25, 0.3) is 230 Å². The number of para-hydroxylation sites is 4. The van der Waals surface area contributed by atoms with Crippen molar-refractivity contribution < 1.29 is 27.3 Å². The summed E-state index contributed by atoms with van der Waals surface area (Å²) in [4.78, 5) is 0. The maximum atomic E-state index is 9.42. The van der Waals surface area contributed by atoms with Crippen LogP contribution in [0, 0.1) is 0 Å². The van der Waals surface area contributed by atoms with Crippen molar-refractivity contribution in [2.45, 2.75) is 0 Å². The fourth-order valence-corrected chi connectivity index (χ4v) is 18.2. The summed E-state index contributed by atoms with van der Waals surface area (Å²) in [6.07, 6.45) is 0. The van der Waals surface area contributed by atoms with Crippen LogP contribution < -0.4 is 4.65 Å². The van der Waals surface area contributed by atoms with E-state index in [2.05, 4.69) is 295 Å². The zero-order chi connectivity index (χ0) is 76.9. The second-order valence-corrected chi connectivity index (χ2v) is 30.6. The number of furan rings is 4. The topological polar surface area (TPSA) is 82.0 Å². The van der Waals surface area contributed by atoms with E-state index in [1.807, 2.05) is 109 Å². The van der Waals surface area contributed by atoms with Gasteiger partial charge >= 0.3 is 7.69 Å². The highest BCUT2D eigenvalue weighted by molar-refractivity contribution is 9.10. The molecule has 0 saturated heterocycles. The molecule has 1 radical (unpaired) electrons. The first-order valence-corrected chi connectivity index (χ1v) is 39.8. The molecule has 543 valence electrons. The molecule has 1 N–H and O–H groups in total. The van der Waals surface area contributed by atoms with Crippen LogP contribution in [-0.2, 0) is 0 Å². The maximum absolute atomic E-state index is 9.42. The molecule has 0 spiro atoms. The monoisotopic (exact) mass is 1550 g/mol. The third-order valence-electron chi connectivity index (χ3n) is 23.0. The molecule has 24 rings (SSSR count). The van der Waals surface area contributed by atoms with Crippen LogP contribution >= 0.6 is 15.9 Å². The van der Waals surface area contributed by atoms with Crippen molar-refractivity contribution in [3.8, 4) is 83.6 Å². The van der Waals surface area contributed by atoms with Gasteiger partial charge in [-0.05, 0) is 199 Å². The van der Waals surface area contributed by atoms with E-state index in [9.17, 15) is 5.02 Å². The Morgan fingerprint density at radius 1 is 0.216 bits per heavy atom. The van der Waals surface area contributed by atoms with E-state index in [0.29, 0.717) is 5.75 Å². The molecule has 0 saturated carbocycles. The van der Waals surface area contributed by atoms with E-state index >= 15 is 0 Å². The van der Waals surface area contributed by atoms with Gasteiger partial charge in [0.25, 0.3) is 0 Å². The summed E-state index contributed by atoms with van der Waals surface area (Å²) in [5, 5.41) is 32.0. The van der Waals surface area contributed by atoms with E-state index in [0.717, 1.165) is 160 Å². The van der Waals surface area contributed by atoms with Crippen molar-refractivity contribution in [1.82, 2.24) is 0 Å². The first-order valence-electron chi connectivity index (χ1n) is 39.0. The summed E-state index contributed by atoms with van der Waals surface area (Å²) in [7, 11) is 0.758. The first kappa shape index (κ1) is 68.3. The molecule has 116 heavy (non-hydrogen) atoms. The Labute approximate surface area is 675 Å². The summed E-state index contributed by atoms with van der Waals surface area (Å²) in [5.41, 5.74) is 23.2. The average Bonchev–Trinajstić information content (AvgIpc) is 1.51. The third kappa shape index (κ3) is 11.6. The average molecular weight is 1550 g/mol. The molecule has 4 heterocycles. The molecule has 6 nitrogen and oxygen atoms in total. The molecule has 0 fully saturated rings. The van der Waals surface area contributed by atoms with Crippen LogP contribution in [0.4, 0.5) is 0 Å². The summed E-state index contributed by atoms with van der Waals surface area (Å²) in [6.45, 7) is 0. The predicted octanol–water partition coefficient (Wildman–Crippen LogP) is 30.9. The van der Waals surface area contributed by atoms with E-state index in [1.54, 1.807) is 0 Å². The second-order valence-electron chi connectivity index (χ2n) is 29.6. The number of hydrogen-bond acceptors (Lipinski definition) is 6. The van der Waals surface area contributed by atoms with E-state index < -0.39 is 0 Å². The Morgan fingerprint density at radius 2 is 0.509 bits per heavy atom. The molecule has 0 amide bonds. The summed E-state index contributed by atoms with van der Waals surface area (Å²) in [6, 6.07) is 137. The van der Waals surface area contributed by atoms with Crippen LogP contribution in [-0.4, -0.2) is 12.7 Å². The fourth-order valence-electron chi connectivity index (χ4n) is 17.8. The van der Waals surface area contributed by atoms with Gasteiger partial charge in [0.15, 0.2) is 0 Å². The largest absolute Gasteiger partial charge is 0.569 e. The van der Waals surface area contributed by atoms with Gasteiger partial charge in [-0.25, -0.2) is 0 Å². The molecule has 0 bridgehead atoms. The molecular weight excluding hydrogens is 1480 g/mol. The second kappa shape index (κ2) is 28.3.